The van der Waals surface area contributed by atoms with Crippen molar-refractivity contribution in [1.29, 1.82) is 0 Å². The van der Waals surface area contributed by atoms with Gasteiger partial charge < -0.3 is 0 Å². The first-order valence-electron chi connectivity index (χ1n) is 8.57. The first-order chi connectivity index (χ1) is 13.1. The van der Waals surface area contributed by atoms with Gasteiger partial charge in [-0.05, 0) is 55.0 Å². The van der Waals surface area contributed by atoms with Crippen LogP contribution in [-0.2, 0) is 22.0 Å². The van der Waals surface area contributed by atoms with Crippen LogP contribution in [0.15, 0.2) is 41.8 Å². The average Bonchev–Trinajstić information content (AvgIpc) is 3.40. The summed E-state index contributed by atoms with van der Waals surface area (Å²) in [5, 5.41) is 10.2. The molecule has 0 aliphatic carbocycles. The van der Waals surface area contributed by atoms with Crippen molar-refractivity contribution in [1.82, 2.24) is 5.48 Å². The molecule has 3 heterocycles. The fourth-order valence-electron chi connectivity index (χ4n) is 2.81. The summed E-state index contributed by atoms with van der Waals surface area (Å²) in [6.45, 7) is 0. The SMILES string of the molecule is CS(=O)C(CCCCc1ccc(-c2ccc(-c3cccs3)s2)s1)C(=O)NO. The van der Waals surface area contributed by atoms with Crippen molar-refractivity contribution in [2.75, 3.05) is 6.26 Å². The second-order valence-electron chi connectivity index (χ2n) is 6.12. The van der Waals surface area contributed by atoms with Gasteiger partial charge in [-0.15, -0.1) is 34.0 Å². The Balaban J connectivity index is 1.53. The molecule has 2 unspecified atom stereocenters. The van der Waals surface area contributed by atoms with Crippen LogP contribution in [0.1, 0.15) is 24.1 Å². The minimum atomic E-state index is -1.28. The maximum atomic E-state index is 11.6. The van der Waals surface area contributed by atoms with Gasteiger partial charge in [-0.1, -0.05) is 12.5 Å². The van der Waals surface area contributed by atoms with Crippen molar-refractivity contribution < 1.29 is 14.2 Å². The summed E-state index contributed by atoms with van der Waals surface area (Å²) < 4.78 is 11.6. The maximum absolute atomic E-state index is 11.6. The standard InChI is InChI=1S/C19H21NO3S4/c1-27(23)18(19(21)20-22)7-3-2-5-13-8-9-16(25-13)17-11-10-15(26-17)14-6-4-12-24-14/h4,6,8-12,18,22H,2-3,5,7H2,1H3,(H,20,21). The van der Waals surface area contributed by atoms with Gasteiger partial charge in [0.2, 0.25) is 0 Å². The Hall–Kier alpha value is -1.32. The number of unbranched alkanes of at least 4 members (excludes halogenated alkanes) is 1. The minimum Gasteiger partial charge on any atom is -0.289 e. The molecule has 3 aromatic rings. The summed E-state index contributed by atoms with van der Waals surface area (Å²) in [7, 11) is -1.28. The van der Waals surface area contributed by atoms with Gasteiger partial charge in [0, 0.05) is 41.4 Å². The van der Waals surface area contributed by atoms with Crippen LogP contribution in [0.2, 0.25) is 0 Å². The van der Waals surface area contributed by atoms with E-state index >= 15 is 0 Å². The van der Waals surface area contributed by atoms with Crippen molar-refractivity contribution in [2.45, 2.75) is 30.9 Å². The predicted molar refractivity (Wildman–Crippen MR) is 116 cm³/mol. The number of hydroxylamine groups is 1. The fraction of sp³-hybridized carbons (Fsp3) is 0.316. The minimum absolute atomic E-state index is 0.517. The highest BCUT2D eigenvalue weighted by Crippen LogP contribution is 2.39. The molecule has 0 aliphatic heterocycles. The van der Waals surface area contributed by atoms with E-state index in [1.54, 1.807) is 16.8 Å². The monoisotopic (exact) mass is 439 g/mol. The highest BCUT2D eigenvalue weighted by Gasteiger charge is 2.21. The van der Waals surface area contributed by atoms with Crippen LogP contribution in [0.5, 0.6) is 0 Å². The summed E-state index contributed by atoms with van der Waals surface area (Å²) in [6, 6.07) is 12.9. The Labute approximate surface area is 173 Å². The second kappa shape index (κ2) is 9.75. The van der Waals surface area contributed by atoms with E-state index in [0.29, 0.717) is 6.42 Å². The Kier molecular flexibility index (Phi) is 7.37. The Bertz CT molecular complexity index is 898. The molecule has 0 saturated carbocycles. The smallest absolute Gasteiger partial charge is 0.259 e. The van der Waals surface area contributed by atoms with Gasteiger partial charge in [0.1, 0.15) is 5.25 Å². The molecule has 0 spiro atoms. The van der Waals surface area contributed by atoms with Crippen LogP contribution in [0.25, 0.3) is 19.5 Å². The Morgan fingerprint density at radius 1 is 1.07 bits per heavy atom. The molecule has 0 saturated heterocycles. The second-order valence-corrected chi connectivity index (χ2v) is 10.9. The Morgan fingerprint density at radius 2 is 1.78 bits per heavy atom. The van der Waals surface area contributed by atoms with Crippen molar-refractivity contribution in [3.8, 4) is 19.5 Å². The maximum Gasteiger partial charge on any atom is 0.259 e. The number of hydrogen-bond donors (Lipinski definition) is 2. The highest BCUT2D eigenvalue weighted by molar-refractivity contribution is 7.85. The molecule has 3 aromatic heterocycles. The molecule has 0 radical (unpaired) electrons. The molecule has 8 heteroatoms. The quantitative estimate of drug-likeness (QED) is 0.275. The third kappa shape index (κ3) is 5.36. The lowest BCUT2D eigenvalue weighted by atomic mass is 10.1. The van der Waals surface area contributed by atoms with Gasteiger partial charge in [0.05, 0.1) is 0 Å². The molecule has 0 aromatic carbocycles. The molecule has 144 valence electrons. The molecule has 2 N–H and O–H groups in total. The number of thiophene rings is 3. The van der Waals surface area contributed by atoms with Crippen molar-refractivity contribution in [3.05, 3.63) is 46.7 Å². The summed E-state index contributed by atoms with van der Waals surface area (Å²) in [5.74, 6) is -0.562. The zero-order chi connectivity index (χ0) is 19.2. The van der Waals surface area contributed by atoms with E-state index in [-0.39, 0.29) is 0 Å². The number of carbonyl (C=O) groups excluding carboxylic acids is 1. The zero-order valence-corrected chi connectivity index (χ0v) is 18.1. The average molecular weight is 440 g/mol. The summed E-state index contributed by atoms with van der Waals surface area (Å²) >= 11 is 5.38. The van der Waals surface area contributed by atoms with Crippen LogP contribution < -0.4 is 5.48 Å². The van der Waals surface area contributed by atoms with E-state index in [9.17, 15) is 9.00 Å². The predicted octanol–water partition coefficient (Wildman–Crippen LogP) is 5.17. The first kappa shape index (κ1) is 20.4. The van der Waals surface area contributed by atoms with Crippen molar-refractivity contribution in [3.63, 3.8) is 0 Å². The largest absolute Gasteiger partial charge is 0.289 e. The molecule has 0 aliphatic rings. The molecule has 0 bridgehead atoms. The number of rotatable bonds is 9. The Morgan fingerprint density at radius 3 is 2.44 bits per heavy atom. The van der Waals surface area contributed by atoms with Crippen LogP contribution in [0.4, 0.5) is 0 Å². The fourth-order valence-corrected chi connectivity index (χ4v) is 6.65. The van der Waals surface area contributed by atoms with Crippen LogP contribution in [0, 0.1) is 0 Å². The first-order valence-corrected chi connectivity index (χ1v) is 12.7. The van der Waals surface area contributed by atoms with Crippen LogP contribution in [-0.4, -0.2) is 26.8 Å². The molecule has 4 nitrogen and oxygen atoms in total. The van der Waals surface area contributed by atoms with Gasteiger partial charge in [-0.25, -0.2) is 5.48 Å². The number of amides is 1. The number of nitrogens with one attached hydrogen (secondary N) is 1. The van der Waals surface area contributed by atoms with E-state index < -0.39 is 22.0 Å². The summed E-state index contributed by atoms with van der Waals surface area (Å²) in [5.41, 5.74) is 1.61. The van der Waals surface area contributed by atoms with Crippen LogP contribution in [0.3, 0.4) is 0 Å². The molecule has 2 atom stereocenters. The highest BCUT2D eigenvalue weighted by atomic mass is 32.2. The molecule has 3 rings (SSSR count). The molecular weight excluding hydrogens is 418 g/mol. The van der Waals surface area contributed by atoms with Gasteiger partial charge in [0.25, 0.3) is 5.91 Å². The van der Waals surface area contributed by atoms with Crippen molar-refractivity contribution >= 4 is 50.7 Å². The van der Waals surface area contributed by atoms with Crippen LogP contribution >= 0.6 is 34.0 Å². The topological polar surface area (TPSA) is 66.4 Å². The van der Waals surface area contributed by atoms with E-state index in [4.69, 9.17) is 5.21 Å². The third-order valence-corrected chi connectivity index (χ3v) is 8.96. The normalized spacial score (nSPS) is 13.4. The lowest BCUT2D eigenvalue weighted by Gasteiger charge is -2.11. The number of hydrogen-bond acceptors (Lipinski definition) is 6. The van der Waals surface area contributed by atoms with Gasteiger partial charge in [0.15, 0.2) is 0 Å². The van der Waals surface area contributed by atoms with Crippen molar-refractivity contribution in [2.24, 2.45) is 0 Å². The van der Waals surface area contributed by atoms with E-state index in [2.05, 4.69) is 41.8 Å². The molecular formula is C19H21NO3S4. The number of aryl methyl sites for hydroxylation is 1. The molecule has 0 fully saturated rings. The third-order valence-electron chi connectivity index (χ3n) is 4.22. The number of carbonyl (C=O) groups is 1. The van der Waals surface area contributed by atoms with E-state index in [1.807, 2.05) is 22.7 Å². The summed E-state index contributed by atoms with van der Waals surface area (Å²) in [6.07, 6.45) is 4.68. The van der Waals surface area contributed by atoms with E-state index in [0.717, 1.165) is 19.3 Å². The summed E-state index contributed by atoms with van der Waals surface area (Å²) in [4.78, 5) is 18.0. The van der Waals surface area contributed by atoms with Gasteiger partial charge in [-0.3, -0.25) is 14.2 Å². The van der Waals surface area contributed by atoms with E-state index in [1.165, 1.54) is 30.6 Å². The van der Waals surface area contributed by atoms with Gasteiger partial charge in [-0.2, -0.15) is 0 Å². The van der Waals surface area contributed by atoms with Gasteiger partial charge >= 0.3 is 0 Å². The molecule has 27 heavy (non-hydrogen) atoms. The lowest BCUT2D eigenvalue weighted by molar-refractivity contribution is -0.128. The lowest BCUT2D eigenvalue weighted by Crippen LogP contribution is -2.35. The molecule has 1 amide bonds. The zero-order valence-electron chi connectivity index (χ0n) is 14.8.